The minimum absolute atomic E-state index is 0.348. The van der Waals surface area contributed by atoms with Crippen LogP contribution >= 0.6 is 27.3 Å². The molecule has 4 N–H and O–H groups in total. The van der Waals surface area contributed by atoms with Crippen molar-refractivity contribution in [3.8, 4) is 0 Å². The van der Waals surface area contributed by atoms with Crippen LogP contribution in [0.5, 0.6) is 0 Å². The van der Waals surface area contributed by atoms with Gasteiger partial charge in [0, 0.05) is 4.47 Å². The number of carbonyl (C=O) groups excluding carboxylic acids is 2. The van der Waals surface area contributed by atoms with Crippen LogP contribution < -0.4 is 11.1 Å². The van der Waals surface area contributed by atoms with E-state index in [1.165, 1.54) is 0 Å². The van der Waals surface area contributed by atoms with Gasteiger partial charge in [-0.15, -0.1) is 11.3 Å². The van der Waals surface area contributed by atoms with Gasteiger partial charge in [0.25, 0.3) is 5.91 Å². The third-order valence-corrected chi connectivity index (χ3v) is 3.67. The number of carboxylic acid groups (broad SMARTS) is 1. The van der Waals surface area contributed by atoms with Gasteiger partial charge in [-0.1, -0.05) is 0 Å². The summed E-state index contributed by atoms with van der Waals surface area (Å²) in [6, 6.07) is 0.359. The summed E-state index contributed by atoms with van der Waals surface area (Å²) < 4.78 is 0.572. The van der Waals surface area contributed by atoms with Crippen LogP contribution in [0.3, 0.4) is 0 Å². The molecule has 0 radical (unpaired) electrons. The maximum Gasteiger partial charge on any atom is 0.326 e. The Labute approximate surface area is 109 Å². The van der Waals surface area contributed by atoms with Crippen molar-refractivity contribution in [1.29, 1.82) is 0 Å². The van der Waals surface area contributed by atoms with Gasteiger partial charge in [-0.3, -0.25) is 9.59 Å². The lowest BCUT2D eigenvalue weighted by atomic mass is 10.2. The zero-order valence-electron chi connectivity index (χ0n) is 8.47. The zero-order chi connectivity index (χ0) is 13.0. The molecule has 0 aliphatic heterocycles. The fourth-order valence-electron chi connectivity index (χ4n) is 1.08. The van der Waals surface area contributed by atoms with Gasteiger partial charge in [0.05, 0.1) is 6.42 Å². The lowest BCUT2D eigenvalue weighted by Gasteiger charge is -2.12. The highest BCUT2D eigenvalue weighted by Gasteiger charge is 2.23. The van der Waals surface area contributed by atoms with Gasteiger partial charge in [0.1, 0.15) is 10.9 Å². The fourth-order valence-corrected chi connectivity index (χ4v) is 2.54. The van der Waals surface area contributed by atoms with Crippen molar-refractivity contribution >= 4 is 45.1 Å². The number of rotatable bonds is 5. The first-order chi connectivity index (χ1) is 7.91. The molecule has 0 bridgehead atoms. The normalized spacial score (nSPS) is 11.8. The van der Waals surface area contributed by atoms with Gasteiger partial charge in [0.2, 0.25) is 5.91 Å². The van der Waals surface area contributed by atoms with Crippen LogP contribution in [0.25, 0.3) is 0 Å². The second-order valence-electron chi connectivity index (χ2n) is 3.13. The summed E-state index contributed by atoms with van der Waals surface area (Å²) in [5.74, 6) is -2.65. The Hall–Kier alpha value is -1.41. The quantitative estimate of drug-likeness (QED) is 0.736. The Morgan fingerprint density at radius 3 is 2.59 bits per heavy atom. The van der Waals surface area contributed by atoms with Crippen LogP contribution in [-0.2, 0) is 9.59 Å². The van der Waals surface area contributed by atoms with Gasteiger partial charge in [-0.05, 0) is 27.4 Å². The maximum atomic E-state index is 11.7. The van der Waals surface area contributed by atoms with E-state index in [9.17, 15) is 14.4 Å². The van der Waals surface area contributed by atoms with E-state index < -0.39 is 30.2 Å². The van der Waals surface area contributed by atoms with Crippen molar-refractivity contribution in [2.75, 3.05) is 0 Å². The number of nitrogens with two attached hydrogens (primary N) is 1. The molecule has 0 spiro atoms. The molecule has 1 aromatic heterocycles. The number of carboxylic acids is 1. The van der Waals surface area contributed by atoms with Gasteiger partial charge in [-0.2, -0.15) is 0 Å². The second-order valence-corrected chi connectivity index (χ2v) is 4.90. The van der Waals surface area contributed by atoms with Gasteiger partial charge in [-0.25, -0.2) is 4.79 Å². The summed E-state index contributed by atoms with van der Waals surface area (Å²) in [6.07, 6.45) is -0.440. The standard InChI is InChI=1S/C9H9BrN2O4S/c10-4-1-2-17-7(4)8(14)12-5(9(15)16)3-6(11)13/h1-2,5H,3H2,(H2,11,13)(H,12,14)(H,15,16)/t5-/m1/s1. The van der Waals surface area contributed by atoms with E-state index in [1.54, 1.807) is 11.4 Å². The van der Waals surface area contributed by atoms with Gasteiger partial charge >= 0.3 is 5.97 Å². The summed E-state index contributed by atoms with van der Waals surface area (Å²) in [5.41, 5.74) is 4.90. The van der Waals surface area contributed by atoms with Crippen molar-refractivity contribution in [2.45, 2.75) is 12.5 Å². The first-order valence-corrected chi connectivity index (χ1v) is 6.14. The number of hydrogen-bond acceptors (Lipinski definition) is 4. The van der Waals surface area contributed by atoms with Crippen molar-refractivity contribution in [3.63, 3.8) is 0 Å². The van der Waals surface area contributed by atoms with E-state index in [1.807, 2.05) is 0 Å². The summed E-state index contributed by atoms with van der Waals surface area (Å²) in [4.78, 5) is 33.5. The molecule has 1 heterocycles. The minimum atomic E-state index is -1.31. The molecule has 0 aliphatic rings. The Bertz CT molecular complexity index is 460. The van der Waals surface area contributed by atoms with E-state index in [4.69, 9.17) is 10.8 Å². The molecule has 1 rings (SSSR count). The van der Waals surface area contributed by atoms with Crippen molar-refractivity contribution < 1.29 is 19.5 Å². The summed E-state index contributed by atoms with van der Waals surface area (Å²) in [7, 11) is 0. The van der Waals surface area contributed by atoms with Crippen molar-refractivity contribution in [1.82, 2.24) is 5.32 Å². The Morgan fingerprint density at radius 2 is 2.18 bits per heavy atom. The summed E-state index contributed by atoms with van der Waals surface area (Å²) >= 11 is 4.32. The molecule has 0 unspecified atom stereocenters. The van der Waals surface area contributed by atoms with Crippen LogP contribution in [0.15, 0.2) is 15.9 Å². The van der Waals surface area contributed by atoms with Crippen LogP contribution in [0.2, 0.25) is 0 Å². The molecule has 1 aromatic rings. The molecule has 1 atom stereocenters. The topological polar surface area (TPSA) is 109 Å². The monoisotopic (exact) mass is 320 g/mol. The smallest absolute Gasteiger partial charge is 0.326 e. The highest BCUT2D eigenvalue weighted by atomic mass is 79.9. The lowest BCUT2D eigenvalue weighted by molar-refractivity contribution is -0.140. The minimum Gasteiger partial charge on any atom is -0.480 e. The van der Waals surface area contributed by atoms with Crippen LogP contribution in [0, 0.1) is 0 Å². The molecule has 0 saturated heterocycles. The Balaban J connectivity index is 2.74. The first-order valence-electron chi connectivity index (χ1n) is 4.46. The van der Waals surface area contributed by atoms with E-state index in [2.05, 4.69) is 21.2 Å². The van der Waals surface area contributed by atoms with E-state index in [0.29, 0.717) is 9.35 Å². The van der Waals surface area contributed by atoms with Crippen molar-refractivity contribution in [3.05, 3.63) is 20.8 Å². The van der Waals surface area contributed by atoms with Gasteiger partial charge < -0.3 is 16.2 Å². The average molecular weight is 321 g/mol. The summed E-state index contributed by atoms with van der Waals surface area (Å²) in [6.45, 7) is 0. The average Bonchev–Trinajstić information content (AvgIpc) is 2.62. The first kappa shape index (κ1) is 13.7. The molecule has 2 amide bonds. The molecular weight excluding hydrogens is 312 g/mol. The number of amides is 2. The molecular formula is C9H9BrN2O4S. The fraction of sp³-hybridized carbons (Fsp3) is 0.222. The van der Waals surface area contributed by atoms with Crippen molar-refractivity contribution in [2.24, 2.45) is 5.73 Å². The molecule has 0 fully saturated rings. The zero-order valence-corrected chi connectivity index (χ0v) is 10.9. The number of nitrogens with one attached hydrogen (secondary N) is 1. The number of primary amides is 1. The number of halogens is 1. The highest BCUT2D eigenvalue weighted by Crippen LogP contribution is 2.22. The van der Waals surface area contributed by atoms with E-state index >= 15 is 0 Å². The highest BCUT2D eigenvalue weighted by molar-refractivity contribution is 9.10. The van der Waals surface area contributed by atoms with Crippen LogP contribution in [0.1, 0.15) is 16.1 Å². The Morgan fingerprint density at radius 1 is 1.53 bits per heavy atom. The molecule has 0 aliphatic carbocycles. The van der Waals surface area contributed by atoms with Gasteiger partial charge in [0.15, 0.2) is 0 Å². The van der Waals surface area contributed by atoms with Crippen LogP contribution in [-0.4, -0.2) is 28.9 Å². The number of carbonyl (C=O) groups is 3. The largest absolute Gasteiger partial charge is 0.480 e. The number of aliphatic carboxylic acids is 1. The lowest BCUT2D eigenvalue weighted by Crippen LogP contribution is -2.43. The predicted octanol–water partition coefficient (Wildman–Crippen LogP) is 0.569. The van der Waals surface area contributed by atoms with E-state index in [0.717, 1.165) is 11.3 Å². The molecule has 6 nitrogen and oxygen atoms in total. The molecule has 0 saturated carbocycles. The second kappa shape index (κ2) is 5.78. The molecule has 92 valence electrons. The van der Waals surface area contributed by atoms with Crippen LogP contribution in [0.4, 0.5) is 0 Å². The Kier molecular flexibility index (Phi) is 4.64. The number of thiophene rings is 1. The third-order valence-electron chi connectivity index (χ3n) is 1.83. The predicted molar refractivity (Wildman–Crippen MR) is 64.7 cm³/mol. The third kappa shape index (κ3) is 3.82. The number of hydrogen-bond donors (Lipinski definition) is 3. The summed E-state index contributed by atoms with van der Waals surface area (Å²) in [5, 5.41) is 12.7. The van der Waals surface area contributed by atoms with E-state index in [-0.39, 0.29) is 0 Å². The maximum absolute atomic E-state index is 11.7. The molecule has 8 heteroatoms. The SMILES string of the molecule is NC(=O)C[C@@H](NC(=O)c1sccc1Br)C(=O)O. The molecule has 0 aromatic carbocycles. The molecule has 17 heavy (non-hydrogen) atoms.